The summed E-state index contributed by atoms with van der Waals surface area (Å²) in [7, 11) is 1.71. The van der Waals surface area contributed by atoms with E-state index < -0.39 is 29.2 Å². The third-order valence-corrected chi connectivity index (χ3v) is 6.39. The average Bonchev–Trinajstić information content (AvgIpc) is 2.95. The fourth-order valence-corrected chi connectivity index (χ4v) is 4.68. The zero-order chi connectivity index (χ0) is 26.8. The summed E-state index contributed by atoms with van der Waals surface area (Å²) < 4.78 is 14.1. The van der Waals surface area contributed by atoms with Gasteiger partial charge in [0, 0.05) is 32.2 Å². The van der Waals surface area contributed by atoms with Crippen molar-refractivity contribution in [3.63, 3.8) is 0 Å². The number of fused-ring (bicyclic) bond motifs is 1. The lowest BCUT2D eigenvalue weighted by atomic mass is 9.93. The van der Waals surface area contributed by atoms with Crippen LogP contribution < -0.4 is 10.6 Å². The molecule has 0 saturated carbocycles. The van der Waals surface area contributed by atoms with E-state index in [0.29, 0.717) is 5.52 Å². The molecular formula is C28H43N3O5. The van der Waals surface area contributed by atoms with E-state index >= 15 is 0 Å². The van der Waals surface area contributed by atoms with Gasteiger partial charge in [-0.05, 0) is 78.5 Å². The molecule has 0 spiro atoms. The summed E-state index contributed by atoms with van der Waals surface area (Å²) in [6.45, 7) is 15.0. The molecule has 36 heavy (non-hydrogen) atoms. The van der Waals surface area contributed by atoms with E-state index in [4.69, 9.17) is 9.47 Å². The van der Waals surface area contributed by atoms with Crippen molar-refractivity contribution in [2.75, 3.05) is 18.0 Å². The standard InChI is InChI=1S/C28H43N3O5/c1-9-10-11-19-17-30(18-19)20-12-13-21-23(16-20)29(8)26(34)31(21)22(25(33)36-28(5,6)7)14-15-24(32)35-27(2,3)4/h12-13,16,19,22H,9-11,14-15,17-18H2,1-8H3. The van der Waals surface area contributed by atoms with Gasteiger partial charge in [-0.15, -0.1) is 0 Å². The summed E-state index contributed by atoms with van der Waals surface area (Å²) in [5.74, 6) is -0.230. The maximum absolute atomic E-state index is 13.4. The molecular weight excluding hydrogens is 458 g/mol. The van der Waals surface area contributed by atoms with Crippen LogP contribution in [0.1, 0.15) is 86.6 Å². The zero-order valence-corrected chi connectivity index (χ0v) is 23.2. The minimum Gasteiger partial charge on any atom is -0.460 e. The maximum atomic E-state index is 13.4. The molecule has 8 nitrogen and oxygen atoms in total. The Morgan fingerprint density at radius 2 is 1.67 bits per heavy atom. The Hall–Kier alpha value is -2.77. The molecule has 1 saturated heterocycles. The Labute approximate surface area is 214 Å². The molecule has 3 rings (SSSR count). The number of aryl methyl sites for hydroxylation is 1. The molecule has 1 unspecified atom stereocenters. The fourth-order valence-electron chi connectivity index (χ4n) is 4.68. The largest absolute Gasteiger partial charge is 0.460 e. The summed E-state index contributed by atoms with van der Waals surface area (Å²) in [6.07, 6.45) is 3.82. The molecule has 0 bridgehead atoms. The normalized spacial score (nSPS) is 15.6. The van der Waals surface area contributed by atoms with Gasteiger partial charge in [0.05, 0.1) is 11.0 Å². The zero-order valence-electron chi connectivity index (χ0n) is 23.2. The highest BCUT2D eigenvalue weighted by Crippen LogP contribution is 2.31. The van der Waals surface area contributed by atoms with Crippen LogP contribution >= 0.6 is 0 Å². The van der Waals surface area contributed by atoms with E-state index in [1.807, 2.05) is 18.2 Å². The van der Waals surface area contributed by atoms with Crippen molar-refractivity contribution in [2.24, 2.45) is 13.0 Å². The van der Waals surface area contributed by atoms with Crippen LogP contribution in [0.4, 0.5) is 5.69 Å². The van der Waals surface area contributed by atoms with Gasteiger partial charge in [-0.3, -0.25) is 13.9 Å². The summed E-state index contributed by atoms with van der Waals surface area (Å²) >= 11 is 0. The van der Waals surface area contributed by atoms with Gasteiger partial charge < -0.3 is 14.4 Å². The monoisotopic (exact) mass is 501 g/mol. The fraction of sp³-hybridized carbons (Fsp3) is 0.679. The highest BCUT2D eigenvalue weighted by Gasteiger charge is 2.32. The number of carbonyl (C=O) groups is 2. The molecule has 1 aromatic carbocycles. The second-order valence-corrected chi connectivity index (χ2v) is 12.0. The third-order valence-electron chi connectivity index (χ3n) is 6.39. The lowest BCUT2D eigenvalue weighted by Crippen LogP contribution is -2.46. The summed E-state index contributed by atoms with van der Waals surface area (Å²) in [4.78, 5) is 41.4. The van der Waals surface area contributed by atoms with E-state index in [1.54, 1.807) is 53.2 Å². The Kier molecular flexibility index (Phi) is 8.26. The van der Waals surface area contributed by atoms with Crippen molar-refractivity contribution in [2.45, 2.75) is 97.8 Å². The van der Waals surface area contributed by atoms with E-state index in [2.05, 4.69) is 11.8 Å². The van der Waals surface area contributed by atoms with Gasteiger partial charge >= 0.3 is 17.6 Å². The SMILES string of the molecule is CCCCC1CN(c2ccc3c(c2)n(C)c(=O)n3C(CCC(=O)OC(C)(C)C)C(=O)OC(C)(C)C)C1. The number of hydrogen-bond acceptors (Lipinski definition) is 6. The molecule has 8 heteroatoms. The second-order valence-electron chi connectivity index (χ2n) is 12.0. The molecule has 1 fully saturated rings. The molecule has 2 aromatic rings. The number of imidazole rings is 1. The first-order valence-corrected chi connectivity index (χ1v) is 13.1. The van der Waals surface area contributed by atoms with E-state index in [-0.39, 0.29) is 18.5 Å². The number of anilines is 1. The molecule has 200 valence electrons. The molecule has 2 heterocycles. The van der Waals surface area contributed by atoms with Crippen molar-refractivity contribution >= 4 is 28.7 Å². The smallest absolute Gasteiger partial charge is 0.329 e. The number of rotatable bonds is 9. The quantitative estimate of drug-likeness (QED) is 0.451. The first-order valence-electron chi connectivity index (χ1n) is 13.1. The van der Waals surface area contributed by atoms with Crippen LogP contribution in [0.15, 0.2) is 23.0 Å². The molecule has 0 radical (unpaired) electrons. The van der Waals surface area contributed by atoms with Crippen LogP contribution in [0, 0.1) is 5.92 Å². The molecule has 0 N–H and O–H groups in total. The summed E-state index contributed by atoms with van der Waals surface area (Å²) in [6, 6.07) is 4.98. The molecule has 1 aliphatic rings. The average molecular weight is 502 g/mol. The molecule has 1 aliphatic heterocycles. The van der Waals surface area contributed by atoms with Gasteiger partial charge in [0.1, 0.15) is 17.2 Å². The number of carbonyl (C=O) groups excluding carboxylic acids is 2. The summed E-state index contributed by atoms with van der Waals surface area (Å²) in [5.41, 5.74) is 0.804. The third kappa shape index (κ3) is 6.71. The van der Waals surface area contributed by atoms with E-state index in [0.717, 1.165) is 30.2 Å². The number of esters is 2. The minimum absolute atomic E-state index is 0.00494. The second kappa shape index (κ2) is 10.7. The van der Waals surface area contributed by atoms with E-state index in [9.17, 15) is 14.4 Å². The number of benzene rings is 1. The first kappa shape index (κ1) is 27.8. The topological polar surface area (TPSA) is 82.8 Å². The van der Waals surface area contributed by atoms with Gasteiger partial charge in [0.2, 0.25) is 0 Å². The molecule has 1 atom stereocenters. The van der Waals surface area contributed by atoms with Crippen LogP contribution in [-0.4, -0.2) is 45.4 Å². The number of unbranched alkanes of at least 4 members (excludes halogenated alkanes) is 1. The van der Waals surface area contributed by atoms with Crippen LogP contribution in [0.3, 0.4) is 0 Å². The van der Waals surface area contributed by atoms with Crippen LogP contribution in [0.5, 0.6) is 0 Å². The maximum Gasteiger partial charge on any atom is 0.329 e. The van der Waals surface area contributed by atoms with Crippen LogP contribution in [0.2, 0.25) is 0 Å². The van der Waals surface area contributed by atoms with Crippen molar-refractivity contribution in [3.8, 4) is 0 Å². The number of nitrogens with zero attached hydrogens (tertiary/aromatic N) is 3. The Bertz CT molecular complexity index is 1140. The van der Waals surface area contributed by atoms with Crippen LogP contribution in [-0.2, 0) is 26.1 Å². The Morgan fingerprint density at radius 1 is 1.03 bits per heavy atom. The van der Waals surface area contributed by atoms with Crippen LogP contribution in [0.25, 0.3) is 11.0 Å². The Morgan fingerprint density at radius 3 is 2.25 bits per heavy atom. The lowest BCUT2D eigenvalue weighted by molar-refractivity contribution is -0.160. The van der Waals surface area contributed by atoms with Crippen molar-refractivity contribution < 1.29 is 19.1 Å². The summed E-state index contributed by atoms with van der Waals surface area (Å²) in [5, 5.41) is 0. The lowest BCUT2D eigenvalue weighted by Gasteiger charge is -2.41. The van der Waals surface area contributed by atoms with Gasteiger partial charge in [-0.2, -0.15) is 0 Å². The molecule has 1 aromatic heterocycles. The number of ether oxygens (including phenoxy) is 2. The molecule has 0 aliphatic carbocycles. The van der Waals surface area contributed by atoms with Gasteiger partial charge in [0.25, 0.3) is 0 Å². The number of aromatic nitrogens is 2. The van der Waals surface area contributed by atoms with Crippen molar-refractivity contribution in [1.29, 1.82) is 0 Å². The number of hydrogen-bond donors (Lipinski definition) is 0. The first-order chi connectivity index (χ1) is 16.7. The van der Waals surface area contributed by atoms with E-state index in [1.165, 1.54) is 23.8 Å². The van der Waals surface area contributed by atoms with Gasteiger partial charge in [-0.25, -0.2) is 9.59 Å². The minimum atomic E-state index is -0.943. The van der Waals surface area contributed by atoms with Gasteiger partial charge in [0.15, 0.2) is 0 Å². The highest BCUT2D eigenvalue weighted by molar-refractivity contribution is 5.84. The predicted molar refractivity (Wildman–Crippen MR) is 142 cm³/mol. The molecule has 0 amide bonds. The Balaban J connectivity index is 1.91. The van der Waals surface area contributed by atoms with Gasteiger partial charge in [-0.1, -0.05) is 19.8 Å². The predicted octanol–water partition coefficient (Wildman–Crippen LogP) is 4.97. The van der Waals surface area contributed by atoms with Crippen molar-refractivity contribution in [1.82, 2.24) is 9.13 Å². The highest BCUT2D eigenvalue weighted by atomic mass is 16.6. The van der Waals surface area contributed by atoms with Crippen molar-refractivity contribution in [3.05, 3.63) is 28.7 Å².